The monoisotopic (exact) mass is 277 g/mol. The molecule has 1 fully saturated rings. The van der Waals surface area contributed by atoms with Crippen LogP contribution in [-0.4, -0.2) is 34.2 Å². The van der Waals surface area contributed by atoms with Crippen molar-refractivity contribution in [2.75, 3.05) is 0 Å². The van der Waals surface area contributed by atoms with Gasteiger partial charge >= 0.3 is 7.12 Å². The van der Waals surface area contributed by atoms with Crippen LogP contribution in [0.3, 0.4) is 0 Å². The minimum absolute atomic E-state index is 0.00447. The summed E-state index contributed by atoms with van der Waals surface area (Å²) in [4.78, 5) is 15.3. The van der Waals surface area contributed by atoms with Gasteiger partial charge in [-0.15, -0.1) is 0 Å². The van der Waals surface area contributed by atoms with E-state index in [9.17, 15) is 9.90 Å². The second kappa shape index (κ2) is 4.86. The van der Waals surface area contributed by atoms with Gasteiger partial charge in [0.1, 0.15) is 11.5 Å². The lowest BCUT2D eigenvalue weighted by Gasteiger charge is -2.32. The van der Waals surface area contributed by atoms with Gasteiger partial charge in [-0.05, 0) is 40.2 Å². The average Bonchev–Trinajstić information content (AvgIpc) is 2.46. The lowest BCUT2D eigenvalue weighted by Crippen LogP contribution is -2.41. The third-order valence-electron chi connectivity index (χ3n) is 3.98. The van der Waals surface area contributed by atoms with Crippen LogP contribution in [-0.2, 0) is 20.5 Å². The molecule has 0 bridgehead atoms. The molecule has 1 aromatic heterocycles. The Kier molecular flexibility index (Phi) is 3.65. The van der Waals surface area contributed by atoms with E-state index < -0.39 is 18.3 Å². The third-order valence-corrected chi connectivity index (χ3v) is 3.98. The lowest BCUT2D eigenvalue weighted by molar-refractivity contribution is -0.116. The van der Waals surface area contributed by atoms with Crippen LogP contribution in [0.2, 0.25) is 0 Å². The molecule has 1 aliphatic rings. The van der Waals surface area contributed by atoms with Gasteiger partial charge in [0.25, 0.3) is 0 Å². The topological polar surface area (TPSA) is 68.7 Å². The number of pyridine rings is 1. The fraction of sp³-hybridized carbons (Fsp3) is 0.571. The van der Waals surface area contributed by atoms with E-state index in [2.05, 4.69) is 4.98 Å². The van der Waals surface area contributed by atoms with E-state index in [0.29, 0.717) is 11.0 Å². The lowest BCUT2D eigenvalue weighted by atomic mass is 9.75. The number of aromatic hydroxyl groups is 1. The Morgan fingerprint density at radius 1 is 1.25 bits per heavy atom. The van der Waals surface area contributed by atoms with E-state index in [4.69, 9.17) is 9.31 Å². The van der Waals surface area contributed by atoms with Crippen LogP contribution in [0.5, 0.6) is 5.75 Å². The van der Waals surface area contributed by atoms with Crippen molar-refractivity contribution in [3.8, 4) is 5.75 Å². The molecular formula is C14H20BNO4. The molecule has 1 aliphatic heterocycles. The molecule has 0 aromatic carbocycles. The Hall–Kier alpha value is -1.40. The Morgan fingerprint density at radius 3 is 2.30 bits per heavy atom. The van der Waals surface area contributed by atoms with Crippen molar-refractivity contribution in [1.82, 2.24) is 4.98 Å². The highest BCUT2D eigenvalue weighted by Gasteiger charge is 2.53. The van der Waals surface area contributed by atoms with E-state index >= 15 is 0 Å². The number of Topliss-reactive ketones (excluding diaryl/α,β-unsaturated/α-hetero) is 1. The summed E-state index contributed by atoms with van der Waals surface area (Å²) in [5, 5.41) is 10.1. The number of carbonyl (C=O) groups excluding carboxylic acids is 1. The van der Waals surface area contributed by atoms with Gasteiger partial charge in [-0.1, -0.05) is 0 Å². The summed E-state index contributed by atoms with van der Waals surface area (Å²) in [5.74, 6) is -0.0163. The van der Waals surface area contributed by atoms with Crippen molar-refractivity contribution in [2.24, 2.45) is 0 Å². The maximum Gasteiger partial charge on any atom is 0.499 e. The number of hydrogen-bond donors (Lipinski definition) is 1. The maximum absolute atomic E-state index is 11.4. The second-order valence-electron chi connectivity index (χ2n) is 6.20. The highest BCUT2D eigenvalue weighted by atomic mass is 16.7. The van der Waals surface area contributed by atoms with Crippen molar-refractivity contribution in [3.63, 3.8) is 0 Å². The smallest absolute Gasteiger partial charge is 0.499 e. The Labute approximate surface area is 119 Å². The van der Waals surface area contributed by atoms with E-state index in [-0.39, 0.29) is 18.0 Å². The van der Waals surface area contributed by atoms with E-state index in [0.717, 1.165) is 0 Å². The molecule has 1 saturated heterocycles. The number of nitrogens with zero attached hydrogens (tertiary/aromatic N) is 1. The van der Waals surface area contributed by atoms with Crippen LogP contribution in [0, 0.1) is 0 Å². The number of aromatic nitrogens is 1. The van der Waals surface area contributed by atoms with Crippen molar-refractivity contribution in [2.45, 2.75) is 52.2 Å². The number of hydrogen-bond acceptors (Lipinski definition) is 5. The molecule has 0 unspecified atom stereocenters. The van der Waals surface area contributed by atoms with Crippen LogP contribution in [0.1, 0.15) is 40.2 Å². The first kappa shape index (κ1) is 15.0. The molecule has 0 radical (unpaired) electrons. The molecule has 0 saturated carbocycles. The summed E-state index contributed by atoms with van der Waals surface area (Å²) in [7, 11) is -0.697. The second-order valence-corrected chi connectivity index (χ2v) is 6.20. The molecule has 0 amide bonds. The summed E-state index contributed by atoms with van der Waals surface area (Å²) in [6.45, 7) is 9.26. The van der Waals surface area contributed by atoms with Crippen molar-refractivity contribution < 1.29 is 19.2 Å². The molecule has 6 heteroatoms. The van der Waals surface area contributed by atoms with Gasteiger partial charge in [0.15, 0.2) is 0 Å². The van der Waals surface area contributed by atoms with Crippen molar-refractivity contribution in [1.29, 1.82) is 0 Å². The zero-order chi connectivity index (χ0) is 15.1. The first-order valence-electron chi connectivity index (χ1n) is 6.65. The van der Waals surface area contributed by atoms with Gasteiger partial charge in [0.2, 0.25) is 0 Å². The molecule has 2 heterocycles. The molecule has 0 atom stereocenters. The first-order valence-corrected chi connectivity index (χ1v) is 6.65. The van der Waals surface area contributed by atoms with Crippen LogP contribution in [0.4, 0.5) is 0 Å². The molecule has 0 spiro atoms. The molecule has 108 valence electrons. The molecule has 5 nitrogen and oxygen atoms in total. The van der Waals surface area contributed by atoms with Crippen molar-refractivity contribution >= 4 is 18.4 Å². The SMILES string of the molecule is CC(=O)Cc1cncc(O)c1B1OC(C)(C)C(C)(C)O1. The van der Waals surface area contributed by atoms with Crippen LogP contribution in [0.15, 0.2) is 12.4 Å². The van der Waals surface area contributed by atoms with Crippen LogP contribution in [0.25, 0.3) is 0 Å². The highest BCUT2D eigenvalue weighted by molar-refractivity contribution is 6.63. The molecular weight excluding hydrogens is 257 g/mol. The number of rotatable bonds is 3. The zero-order valence-corrected chi connectivity index (χ0v) is 12.6. The minimum atomic E-state index is -0.697. The third kappa shape index (κ3) is 2.58. The Morgan fingerprint density at radius 2 is 1.80 bits per heavy atom. The summed E-state index contributed by atoms with van der Waals surface area (Å²) in [6.07, 6.45) is 3.10. The normalized spacial score (nSPS) is 20.1. The summed E-state index contributed by atoms with van der Waals surface area (Å²) in [6, 6.07) is 0. The number of carbonyl (C=O) groups is 1. The molecule has 0 aliphatic carbocycles. The fourth-order valence-electron chi connectivity index (χ4n) is 2.14. The predicted octanol–water partition coefficient (Wildman–Crippen LogP) is 1.22. The van der Waals surface area contributed by atoms with Gasteiger partial charge in [-0.2, -0.15) is 0 Å². The maximum atomic E-state index is 11.4. The molecule has 1 N–H and O–H groups in total. The summed E-state index contributed by atoms with van der Waals surface area (Å²) >= 11 is 0. The fourth-order valence-corrected chi connectivity index (χ4v) is 2.14. The number of ketones is 1. The van der Waals surface area contributed by atoms with Gasteiger partial charge in [0.05, 0.1) is 17.4 Å². The minimum Gasteiger partial charge on any atom is -0.507 e. The van der Waals surface area contributed by atoms with Crippen LogP contribution < -0.4 is 5.46 Å². The average molecular weight is 277 g/mol. The van der Waals surface area contributed by atoms with Crippen molar-refractivity contribution in [3.05, 3.63) is 18.0 Å². The van der Waals surface area contributed by atoms with Gasteiger partial charge in [-0.3, -0.25) is 9.78 Å². The zero-order valence-electron chi connectivity index (χ0n) is 12.6. The van der Waals surface area contributed by atoms with Crippen LogP contribution >= 0.6 is 0 Å². The van der Waals surface area contributed by atoms with E-state index in [1.165, 1.54) is 13.1 Å². The first-order chi connectivity index (χ1) is 9.14. The van der Waals surface area contributed by atoms with E-state index in [1.54, 1.807) is 6.20 Å². The van der Waals surface area contributed by atoms with E-state index in [1.807, 2.05) is 27.7 Å². The molecule has 20 heavy (non-hydrogen) atoms. The largest absolute Gasteiger partial charge is 0.507 e. The van der Waals surface area contributed by atoms with Gasteiger partial charge < -0.3 is 14.4 Å². The Bertz CT molecular complexity index is 526. The summed E-state index contributed by atoms with van der Waals surface area (Å²) in [5.41, 5.74) is 0.131. The predicted molar refractivity (Wildman–Crippen MR) is 76.0 cm³/mol. The Balaban J connectivity index is 2.41. The van der Waals surface area contributed by atoms with Gasteiger partial charge in [0, 0.05) is 18.1 Å². The molecule has 2 rings (SSSR count). The van der Waals surface area contributed by atoms with Gasteiger partial charge in [-0.25, -0.2) is 0 Å². The molecule has 1 aromatic rings. The standard InChI is InChI=1S/C14H20BNO4/c1-9(17)6-10-7-16-8-11(18)12(10)15-19-13(2,3)14(4,5)20-15/h7-8,18H,6H2,1-5H3. The quantitative estimate of drug-likeness (QED) is 0.841. The summed E-state index contributed by atoms with van der Waals surface area (Å²) < 4.78 is 11.9. The highest BCUT2D eigenvalue weighted by Crippen LogP contribution is 2.37.